The smallest absolute Gasteiger partial charge is 0.312 e. The van der Waals surface area contributed by atoms with Gasteiger partial charge >= 0.3 is 6.03 Å². The van der Waals surface area contributed by atoms with Crippen LogP contribution < -0.4 is 16.4 Å². The molecule has 126 valence electrons. The Kier molecular flexibility index (Phi) is 6.34. The van der Waals surface area contributed by atoms with Crippen molar-refractivity contribution in [3.05, 3.63) is 35.6 Å². The fourth-order valence-corrected chi connectivity index (χ4v) is 2.80. The van der Waals surface area contributed by atoms with Crippen molar-refractivity contribution in [1.29, 1.82) is 0 Å². The molecule has 7 heteroatoms. The molecule has 0 saturated carbocycles. The molecule has 1 aromatic rings. The molecule has 1 heterocycles. The van der Waals surface area contributed by atoms with Crippen molar-refractivity contribution < 1.29 is 14.0 Å². The number of halogens is 1. The molecule has 1 aliphatic rings. The van der Waals surface area contributed by atoms with Crippen LogP contribution in [0.3, 0.4) is 0 Å². The third-order valence-electron chi connectivity index (χ3n) is 3.97. The maximum absolute atomic E-state index is 13.5. The van der Waals surface area contributed by atoms with Crippen molar-refractivity contribution in [2.75, 3.05) is 26.2 Å². The third-order valence-corrected chi connectivity index (χ3v) is 3.97. The summed E-state index contributed by atoms with van der Waals surface area (Å²) in [6, 6.07) is 5.87. The number of benzene rings is 1. The van der Waals surface area contributed by atoms with E-state index in [1.54, 1.807) is 18.2 Å². The number of piperidine rings is 1. The van der Waals surface area contributed by atoms with Crippen LogP contribution in [-0.4, -0.2) is 43.0 Å². The van der Waals surface area contributed by atoms with Gasteiger partial charge in [-0.3, -0.25) is 9.69 Å². The van der Waals surface area contributed by atoms with Gasteiger partial charge in [0.15, 0.2) is 0 Å². The molecule has 0 aromatic heterocycles. The SMILES string of the molecule is NC(=O)NC[C@@H]1CCCN(CC(=O)NCc2ccccc2F)C1. The zero-order valence-corrected chi connectivity index (χ0v) is 13.1. The van der Waals surface area contributed by atoms with Crippen molar-refractivity contribution in [3.8, 4) is 0 Å². The first-order chi connectivity index (χ1) is 11.0. The Bertz CT molecular complexity index is 553. The van der Waals surface area contributed by atoms with Gasteiger partial charge in [-0.05, 0) is 31.4 Å². The second-order valence-corrected chi connectivity index (χ2v) is 5.86. The minimum atomic E-state index is -0.523. The molecule has 4 N–H and O–H groups in total. The van der Waals surface area contributed by atoms with Gasteiger partial charge in [-0.25, -0.2) is 9.18 Å². The van der Waals surface area contributed by atoms with Crippen LogP contribution in [0.15, 0.2) is 24.3 Å². The fraction of sp³-hybridized carbons (Fsp3) is 0.500. The second kappa shape index (κ2) is 8.47. The molecule has 1 fully saturated rings. The summed E-state index contributed by atoms with van der Waals surface area (Å²) in [5.41, 5.74) is 5.55. The van der Waals surface area contributed by atoms with Gasteiger partial charge in [0, 0.05) is 25.2 Å². The molecule has 1 aromatic carbocycles. The molecule has 0 unspecified atom stereocenters. The van der Waals surface area contributed by atoms with Gasteiger partial charge in [0.2, 0.25) is 5.91 Å². The summed E-state index contributed by atoms with van der Waals surface area (Å²) in [6.07, 6.45) is 1.99. The molecule has 2 rings (SSSR count). The number of amides is 3. The Morgan fingerprint density at radius 3 is 2.83 bits per heavy atom. The topological polar surface area (TPSA) is 87.5 Å². The van der Waals surface area contributed by atoms with Crippen LogP contribution in [0.1, 0.15) is 18.4 Å². The lowest BCUT2D eigenvalue weighted by Crippen LogP contribution is -2.45. The number of likely N-dealkylation sites (tertiary alicyclic amines) is 1. The molecule has 0 aliphatic carbocycles. The molecule has 0 bridgehead atoms. The molecular formula is C16H23FN4O2. The number of nitrogens with one attached hydrogen (secondary N) is 2. The first kappa shape index (κ1) is 17.2. The minimum absolute atomic E-state index is 0.128. The predicted octanol–water partition coefficient (Wildman–Crippen LogP) is 0.822. The maximum Gasteiger partial charge on any atom is 0.312 e. The molecule has 1 aliphatic heterocycles. The molecule has 0 spiro atoms. The van der Waals surface area contributed by atoms with E-state index in [1.165, 1.54) is 6.07 Å². The summed E-state index contributed by atoms with van der Waals surface area (Å²) in [7, 11) is 0. The largest absolute Gasteiger partial charge is 0.352 e. The maximum atomic E-state index is 13.5. The van der Waals surface area contributed by atoms with Gasteiger partial charge in [0.05, 0.1) is 6.54 Å². The van der Waals surface area contributed by atoms with E-state index in [-0.39, 0.29) is 24.8 Å². The lowest BCUT2D eigenvalue weighted by molar-refractivity contribution is -0.122. The summed E-state index contributed by atoms with van der Waals surface area (Å²) in [6.45, 7) is 2.59. The van der Waals surface area contributed by atoms with Gasteiger partial charge < -0.3 is 16.4 Å². The Labute approximate surface area is 135 Å². The Hall–Kier alpha value is -2.15. The van der Waals surface area contributed by atoms with Crippen LogP contribution in [0.25, 0.3) is 0 Å². The van der Waals surface area contributed by atoms with E-state index >= 15 is 0 Å². The Morgan fingerprint density at radius 2 is 2.09 bits per heavy atom. The van der Waals surface area contributed by atoms with Crippen molar-refractivity contribution >= 4 is 11.9 Å². The van der Waals surface area contributed by atoms with E-state index in [0.29, 0.717) is 18.0 Å². The van der Waals surface area contributed by atoms with Gasteiger partial charge in [-0.1, -0.05) is 18.2 Å². The van der Waals surface area contributed by atoms with Crippen LogP contribution in [-0.2, 0) is 11.3 Å². The van der Waals surface area contributed by atoms with E-state index in [0.717, 1.165) is 25.9 Å². The van der Waals surface area contributed by atoms with Crippen LogP contribution in [0.5, 0.6) is 0 Å². The van der Waals surface area contributed by atoms with Crippen LogP contribution in [0.4, 0.5) is 9.18 Å². The fourth-order valence-electron chi connectivity index (χ4n) is 2.80. The lowest BCUT2D eigenvalue weighted by atomic mass is 9.98. The first-order valence-corrected chi connectivity index (χ1v) is 7.80. The molecular weight excluding hydrogens is 299 g/mol. The van der Waals surface area contributed by atoms with E-state index in [4.69, 9.17) is 5.73 Å². The number of carbonyl (C=O) groups excluding carboxylic acids is 2. The van der Waals surface area contributed by atoms with Crippen molar-refractivity contribution in [2.24, 2.45) is 11.7 Å². The third kappa shape index (κ3) is 5.86. The average molecular weight is 322 g/mol. The summed E-state index contributed by atoms with van der Waals surface area (Å²) in [5, 5.41) is 5.35. The second-order valence-electron chi connectivity index (χ2n) is 5.86. The van der Waals surface area contributed by atoms with Gasteiger partial charge in [-0.15, -0.1) is 0 Å². The highest BCUT2D eigenvalue weighted by Gasteiger charge is 2.21. The highest BCUT2D eigenvalue weighted by atomic mass is 19.1. The van der Waals surface area contributed by atoms with E-state index in [1.807, 2.05) is 4.90 Å². The highest BCUT2D eigenvalue weighted by Crippen LogP contribution is 2.15. The molecule has 1 atom stereocenters. The minimum Gasteiger partial charge on any atom is -0.352 e. The van der Waals surface area contributed by atoms with Crippen LogP contribution in [0.2, 0.25) is 0 Å². The van der Waals surface area contributed by atoms with Crippen molar-refractivity contribution in [3.63, 3.8) is 0 Å². The number of primary amides is 1. The molecule has 6 nitrogen and oxygen atoms in total. The number of carbonyl (C=O) groups is 2. The van der Waals surface area contributed by atoms with E-state index < -0.39 is 6.03 Å². The molecule has 3 amide bonds. The summed E-state index contributed by atoms with van der Waals surface area (Å²) in [5.74, 6) is -0.143. The highest BCUT2D eigenvalue weighted by molar-refractivity contribution is 5.78. The summed E-state index contributed by atoms with van der Waals surface area (Å²) < 4.78 is 13.5. The quantitative estimate of drug-likeness (QED) is 0.725. The number of rotatable bonds is 6. The number of nitrogens with two attached hydrogens (primary N) is 1. The van der Waals surface area contributed by atoms with E-state index in [2.05, 4.69) is 10.6 Å². The monoisotopic (exact) mass is 322 g/mol. The zero-order valence-electron chi connectivity index (χ0n) is 13.1. The normalized spacial score (nSPS) is 18.4. The Balaban J connectivity index is 1.74. The summed E-state index contributed by atoms with van der Waals surface area (Å²) >= 11 is 0. The molecule has 0 radical (unpaired) electrons. The van der Waals surface area contributed by atoms with Crippen LogP contribution in [0, 0.1) is 11.7 Å². The predicted molar refractivity (Wildman–Crippen MR) is 85.0 cm³/mol. The number of urea groups is 1. The molecule has 1 saturated heterocycles. The van der Waals surface area contributed by atoms with Crippen LogP contribution >= 0.6 is 0 Å². The van der Waals surface area contributed by atoms with Gasteiger partial charge in [-0.2, -0.15) is 0 Å². The number of hydrogen-bond acceptors (Lipinski definition) is 3. The molecule has 23 heavy (non-hydrogen) atoms. The standard InChI is InChI=1S/C16H23FN4O2/c17-14-6-2-1-5-13(14)9-19-15(22)11-21-7-3-4-12(10-21)8-20-16(18)23/h1-2,5-6,12H,3-4,7-11H2,(H,19,22)(H3,18,20,23)/t12-/m0/s1. The average Bonchev–Trinajstić information content (AvgIpc) is 2.52. The zero-order chi connectivity index (χ0) is 16.7. The van der Waals surface area contributed by atoms with Gasteiger partial charge in [0.25, 0.3) is 0 Å². The number of hydrogen-bond donors (Lipinski definition) is 3. The number of nitrogens with zero attached hydrogens (tertiary/aromatic N) is 1. The summed E-state index contributed by atoms with van der Waals surface area (Å²) in [4.78, 5) is 24.8. The van der Waals surface area contributed by atoms with Crippen molar-refractivity contribution in [2.45, 2.75) is 19.4 Å². The first-order valence-electron chi connectivity index (χ1n) is 7.80. The Morgan fingerprint density at radius 1 is 1.30 bits per heavy atom. The lowest BCUT2D eigenvalue weighted by Gasteiger charge is -2.32. The van der Waals surface area contributed by atoms with Gasteiger partial charge in [0.1, 0.15) is 5.82 Å². The van der Waals surface area contributed by atoms with Crippen molar-refractivity contribution in [1.82, 2.24) is 15.5 Å². The van der Waals surface area contributed by atoms with E-state index in [9.17, 15) is 14.0 Å².